The van der Waals surface area contributed by atoms with Crippen LogP contribution in [0.1, 0.15) is 26.7 Å². The zero-order valence-electron chi connectivity index (χ0n) is 8.85. The molecule has 1 aliphatic heterocycles. The molecular formula is C10H20INO. The van der Waals surface area contributed by atoms with E-state index in [1.54, 1.807) is 7.11 Å². The first-order chi connectivity index (χ1) is 6.03. The van der Waals surface area contributed by atoms with Crippen LogP contribution in [0.25, 0.3) is 0 Å². The van der Waals surface area contributed by atoms with Crippen molar-refractivity contribution in [3.8, 4) is 0 Å². The molecule has 3 heteroatoms. The summed E-state index contributed by atoms with van der Waals surface area (Å²) in [6.45, 7) is 7.85. The van der Waals surface area contributed by atoms with Crippen LogP contribution in [-0.4, -0.2) is 41.2 Å². The summed E-state index contributed by atoms with van der Waals surface area (Å²) >= 11 is 2.56. The maximum atomic E-state index is 5.42. The van der Waals surface area contributed by atoms with Crippen LogP contribution in [0, 0.1) is 0 Å². The summed E-state index contributed by atoms with van der Waals surface area (Å²) in [5.74, 6) is 0. The van der Waals surface area contributed by atoms with Crippen molar-refractivity contribution in [2.45, 2.75) is 36.2 Å². The number of hydrogen-bond donors (Lipinski definition) is 0. The fourth-order valence-corrected chi connectivity index (χ4v) is 2.22. The number of methoxy groups -OCH3 is 1. The van der Waals surface area contributed by atoms with Gasteiger partial charge in [-0.05, 0) is 39.8 Å². The van der Waals surface area contributed by atoms with E-state index in [-0.39, 0.29) is 5.60 Å². The van der Waals surface area contributed by atoms with Gasteiger partial charge < -0.3 is 9.64 Å². The summed E-state index contributed by atoms with van der Waals surface area (Å²) in [5, 5.41) is 0. The normalized spacial score (nSPS) is 22.2. The van der Waals surface area contributed by atoms with Gasteiger partial charge in [0.1, 0.15) is 0 Å². The van der Waals surface area contributed by atoms with Crippen LogP contribution in [0.2, 0.25) is 0 Å². The van der Waals surface area contributed by atoms with Gasteiger partial charge >= 0.3 is 0 Å². The first-order valence-corrected chi connectivity index (χ1v) is 6.19. The second-order valence-electron chi connectivity index (χ2n) is 4.41. The first-order valence-electron chi connectivity index (χ1n) is 4.95. The van der Waals surface area contributed by atoms with Crippen LogP contribution in [0.5, 0.6) is 0 Å². The summed E-state index contributed by atoms with van der Waals surface area (Å²) < 4.78 is 6.31. The van der Waals surface area contributed by atoms with E-state index in [9.17, 15) is 0 Å². The molecule has 1 heterocycles. The minimum absolute atomic E-state index is 0.0120. The smallest absolute Gasteiger partial charge is 0.0749 e. The van der Waals surface area contributed by atoms with Crippen molar-refractivity contribution < 1.29 is 4.74 Å². The maximum absolute atomic E-state index is 5.42. The predicted molar refractivity (Wildman–Crippen MR) is 64.6 cm³/mol. The minimum atomic E-state index is 0.0120. The molecule has 0 N–H and O–H groups in total. The lowest BCUT2D eigenvalue weighted by Gasteiger charge is -2.35. The van der Waals surface area contributed by atoms with Crippen LogP contribution in [0.15, 0.2) is 0 Å². The van der Waals surface area contributed by atoms with Crippen LogP contribution >= 0.6 is 22.6 Å². The highest BCUT2D eigenvalue weighted by Gasteiger charge is 2.24. The Morgan fingerprint density at radius 3 is 2.38 bits per heavy atom. The van der Waals surface area contributed by atoms with Gasteiger partial charge in [0.25, 0.3) is 0 Å². The van der Waals surface area contributed by atoms with Gasteiger partial charge in [-0.2, -0.15) is 0 Å². The molecule has 1 saturated heterocycles. The molecule has 78 valence electrons. The van der Waals surface area contributed by atoms with E-state index >= 15 is 0 Å². The number of alkyl halides is 1. The number of likely N-dealkylation sites (tertiary alicyclic amines) is 1. The Bertz CT molecular complexity index is 153. The molecule has 1 aliphatic rings. The predicted octanol–water partition coefficient (Wildman–Crippen LogP) is 2.31. The third-order valence-electron chi connectivity index (χ3n) is 2.67. The topological polar surface area (TPSA) is 12.5 Å². The maximum Gasteiger partial charge on any atom is 0.0749 e. The van der Waals surface area contributed by atoms with Crippen LogP contribution in [0.4, 0.5) is 0 Å². The van der Waals surface area contributed by atoms with Crippen molar-refractivity contribution in [3.63, 3.8) is 0 Å². The number of piperidine rings is 1. The lowest BCUT2D eigenvalue weighted by atomic mass is 10.1. The summed E-state index contributed by atoms with van der Waals surface area (Å²) in [5.41, 5.74) is 0.0120. The third-order valence-corrected chi connectivity index (χ3v) is 3.92. The van der Waals surface area contributed by atoms with E-state index < -0.39 is 0 Å². The van der Waals surface area contributed by atoms with Gasteiger partial charge in [-0.15, -0.1) is 0 Å². The number of hydrogen-bond acceptors (Lipinski definition) is 2. The molecule has 0 unspecified atom stereocenters. The fourth-order valence-electron chi connectivity index (χ4n) is 1.66. The van der Waals surface area contributed by atoms with Crippen LogP contribution < -0.4 is 0 Å². The number of rotatable bonds is 3. The Labute approximate surface area is 95.2 Å². The molecular weight excluding hydrogens is 277 g/mol. The summed E-state index contributed by atoms with van der Waals surface area (Å²) in [7, 11) is 1.80. The Kier molecular flexibility index (Phi) is 4.45. The van der Waals surface area contributed by atoms with Gasteiger partial charge in [0, 0.05) is 17.6 Å². The average molecular weight is 297 g/mol. The molecule has 1 rings (SSSR count). The van der Waals surface area contributed by atoms with E-state index in [2.05, 4.69) is 41.3 Å². The van der Waals surface area contributed by atoms with E-state index in [0.717, 1.165) is 10.5 Å². The molecule has 0 saturated carbocycles. The molecule has 2 nitrogen and oxygen atoms in total. The van der Waals surface area contributed by atoms with E-state index in [1.807, 2.05) is 0 Å². The number of ether oxygens (including phenoxy) is 1. The van der Waals surface area contributed by atoms with Crippen molar-refractivity contribution in [1.82, 2.24) is 4.90 Å². The molecule has 0 aromatic rings. The Morgan fingerprint density at radius 2 is 1.92 bits per heavy atom. The fraction of sp³-hybridized carbons (Fsp3) is 1.00. The zero-order valence-corrected chi connectivity index (χ0v) is 11.0. The van der Waals surface area contributed by atoms with Crippen LogP contribution in [-0.2, 0) is 4.74 Å². The molecule has 0 aromatic heterocycles. The van der Waals surface area contributed by atoms with Crippen molar-refractivity contribution in [2.24, 2.45) is 0 Å². The second kappa shape index (κ2) is 4.94. The number of nitrogens with zero attached hydrogens (tertiary/aromatic N) is 1. The number of halogens is 1. The first kappa shape index (κ1) is 11.7. The summed E-state index contributed by atoms with van der Waals surface area (Å²) in [6.07, 6.45) is 2.67. The summed E-state index contributed by atoms with van der Waals surface area (Å²) in [4.78, 5) is 2.51. The van der Waals surface area contributed by atoms with Crippen molar-refractivity contribution >= 4 is 22.6 Å². The van der Waals surface area contributed by atoms with Gasteiger partial charge in [-0.25, -0.2) is 0 Å². The second-order valence-corrected chi connectivity index (χ2v) is 6.18. The third kappa shape index (κ3) is 4.13. The van der Waals surface area contributed by atoms with E-state index in [4.69, 9.17) is 4.74 Å². The SMILES string of the molecule is COC(C)(C)CN1CCC(I)CC1. The zero-order chi connectivity index (χ0) is 9.90. The van der Waals surface area contributed by atoms with Crippen LogP contribution in [0.3, 0.4) is 0 Å². The molecule has 0 radical (unpaired) electrons. The molecule has 0 atom stereocenters. The Balaban J connectivity index is 2.30. The molecule has 0 aromatic carbocycles. The molecule has 0 amide bonds. The molecule has 0 spiro atoms. The van der Waals surface area contributed by atoms with Crippen molar-refractivity contribution in [2.75, 3.05) is 26.7 Å². The molecule has 0 aliphatic carbocycles. The Morgan fingerprint density at radius 1 is 1.38 bits per heavy atom. The van der Waals surface area contributed by atoms with Crippen molar-refractivity contribution in [1.29, 1.82) is 0 Å². The standard InChI is InChI=1S/C10H20INO/c1-10(2,13-3)8-12-6-4-9(11)5-7-12/h9H,4-8H2,1-3H3. The van der Waals surface area contributed by atoms with E-state index in [0.29, 0.717) is 0 Å². The lowest BCUT2D eigenvalue weighted by molar-refractivity contribution is -0.0107. The van der Waals surface area contributed by atoms with Crippen molar-refractivity contribution in [3.05, 3.63) is 0 Å². The van der Waals surface area contributed by atoms with Gasteiger partial charge in [-0.3, -0.25) is 0 Å². The van der Waals surface area contributed by atoms with Gasteiger partial charge in [0.15, 0.2) is 0 Å². The molecule has 0 bridgehead atoms. The largest absolute Gasteiger partial charge is 0.377 e. The molecule has 1 fully saturated rings. The lowest BCUT2D eigenvalue weighted by Crippen LogP contribution is -2.44. The monoisotopic (exact) mass is 297 g/mol. The van der Waals surface area contributed by atoms with Gasteiger partial charge in [-0.1, -0.05) is 22.6 Å². The van der Waals surface area contributed by atoms with Gasteiger partial charge in [0.05, 0.1) is 5.60 Å². The van der Waals surface area contributed by atoms with E-state index in [1.165, 1.54) is 25.9 Å². The average Bonchev–Trinajstić information content (AvgIpc) is 2.09. The quantitative estimate of drug-likeness (QED) is 0.585. The highest BCUT2D eigenvalue weighted by molar-refractivity contribution is 14.1. The summed E-state index contributed by atoms with van der Waals surface area (Å²) in [6, 6.07) is 0. The van der Waals surface area contributed by atoms with Gasteiger partial charge in [0.2, 0.25) is 0 Å². The highest BCUT2D eigenvalue weighted by Crippen LogP contribution is 2.20. The molecule has 13 heavy (non-hydrogen) atoms. The minimum Gasteiger partial charge on any atom is -0.377 e. The highest BCUT2D eigenvalue weighted by atomic mass is 127. The Hall–Kier alpha value is 0.650.